The molecule has 0 aliphatic heterocycles. The lowest BCUT2D eigenvalue weighted by Gasteiger charge is -2.06. The fourth-order valence-corrected chi connectivity index (χ4v) is 1.65. The molecule has 0 saturated carbocycles. The van der Waals surface area contributed by atoms with Gasteiger partial charge in [0.2, 0.25) is 0 Å². The normalized spacial score (nSPS) is 9.67. The minimum atomic E-state index is -0.308. The predicted octanol–water partition coefficient (Wildman–Crippen LogP) is -1.34. The number of halogens is 1. The van der Waals surface area contributed by atoms with Gasteiger partial charge in [-0.05, 0) is 13.8 Å². The summed E-state index contributed by atoms with van der Waals surface area (Å²) >= 11 is 0. The van der Waals surface area contributed by atoms with Crippen molar-refractivity contribution >= 4 is 5.69 Å². The molecule has 0 saturated heterocycles. The first-order valence-corrected chi connectivity index (χ1v) is 4.48. The van der Waals surface area contributed by atoms with E-state index in [1.54, 1.807) is 13.8 Å². The van der Waals surface area contributed by atoms with Gasteiger partial charge in [0.05, 0.1) is 4.92 Å². The number of rotatable bonds is 1. The molecule has 4 nitrogen and oxygen atoms in total. The molecule has 5 heteroatoms. The van der Waals surface area contributed by atoms with E-state index in [0.29, 0.717) is 5.69 Å². The van der Waals surface area contributed by atoms with Crippen LogP contribution in [-0.2, 0) is 7.05 Å². The van der Waals surface area contributed by atoms with Gasteiger partial charge in [0.1, 0.15) is 7.05 Å². The number of hydrogen-bond acceptors (Lipinski definition) is 2. The summed E-state index contributed by atoms with van der Waals surface area (Å²) in [5.74, 6) is 0. The second kappa shape index (κ2) is 4.87. The van der Waals surface area contributed by atoms with Crippen LogP contribution < -0.4 is 28.5 Å². The lowest BCUT2D eigenvalue weighted by molar-refractivity contribution is -0.686. The number of nitro groups is 1. The second-order valence-corrected chi connectivity index (χ2v) is 3.59. The first-order chi connectivity index (χ1) is 6.37. The Morgan fingerprint density at radius 3 is 1.93 bits per heavy atom. The minimum absolute atomic E-state index is 0. The minimum Gasteiger partial charge on any atom is -1.00 e. The van der Waals surface area contributed by atoms with Crippen molar-refractivity contribution in [1.29, 1.82) is 0 Å². The summed E-state index contributed by atoms with van der Waals surface area (Å²) in [5, 5.41) is 10.9. The van der Waals surface area contributed by atoms with E-state index < -0.39 is 0 Å². The molecule has 0 spiro atoms. The van der Waals surface area contributed by atoms with Crippen LogP contribution in [0.1, 0.15) is 22.5 Å². The molecule has 0 radical (unpaired) electrons. The van der Waals surface area contributed by atoms with Gasteiger partial charge in [-0.2, -0.15) is 4.57 Å². The fraction of sp³-hybridized carbons (Fsp3) is 0.500. The van der Waals surface area contributed by atoms with E-state index in [-0.39, 0.29) is 34.6 Å². The first kappa shape index (κ1) is 14.3. The van der Waals surface area contributed by atoms with Gasteiger partial charge in [-0.3, -0.25) is 10.1 Å². The quantitative estimate of drug-likeness (QED) is 0.278. The molecule has 1 heterocycles. The molecular formula is C10H15IN2O2. The zero-order valence-electron chi connectivity index (χ0n) is 9.59. The Kier molecular flexibility index (Phi) is 4.64. The monoisotopic (exact) mass is 322 g/mol. The second-order valence-electron chi connectivity index (χ2n) is 3.59. The summed E-state index contributed by atoms with van der Waals surface area (Å²) < 4.78 is 1.86. The van der Waals surface area contributed by atoms with Crippen molar-refractivity contribution in [2.75, 3.05) is 0 Å². The molecule has 1 aromatic rings. The standard InChI is InChI=1S/C10H15N2O2.HI/c1-6-7(2)10(12(13)14)9(4)11(5)8(6)3;/h1-5H3;1H/q+1;/p-1. The smallest absolute Gasteiger partial charge is 0.338 e. The van der Waals surface area contributed by atoms with Gasteiger partial charge in [-0.25, -0.2) is 0 Å². The molecule has 0 aliphatic carbocycles. The van der Waals surface area contributed by atoms with Crippen LogP contribution in [0.2, 0.25) is 0 Å². The van der Waals surface area contributed by atoms with E-state index in [2.05, 4.69) is 0 Å². The summed E-state index contributed by atoms with van der Waals surface area (Å²) in [5.41, 5.74) is 3.77. The van der Waals surface area contributed by atoms with Crippen molar-refractivity contribution in [3.05, 3.63) is 32.6 Å². The maximum atomic E-state index is 10.9. The third-order valence-electron chi connectivity index (χ3n) is 2.99. The molecule has 0 amide bonds. The van der Waals surface area contributed by atoms with Crippen molar-refractivity contribution in [2.45, 2.75) is 27.7 Å². The SMILES string of the molecule is Cc1c(C)c(C)[n+](C)c(C)c1[N+](=O)[O-].[I-]. The summed E-state index contributed by atoms with van der Waals surface area (Å²) in [7, 11) is 1.85. The molecule has 1 aromatic heterocycles. The molecule has 0 N–H and O–H groups in total. The number of pyridine rings is 1. The molecule has 0 bridgehead atoms. The first-order valence-electron chi connectivity index (χ1n) is 4.48. The van der Waals surface area contributed by atoms with Gasteiger partial charge in [-0.15, -0.1) is 0 Å². The Hall–Kier alpha value is -0.720. The Morgan fingerprint density at radius 2 is 1.53 bits per heavy atom. The van der Waals surface area contributed by atoms with Gasteiger partial charge < -0.3 is 24.0 Å². The van der Waals surface area contributed by atoms with Crippen LogP contribution in [0.15, 0.2) is 0 Å². The highest BCUT2D eigenvalue weighted by Crippen LogP contribution is 2.23. The zero-order valence-corrected chi connectivity index (χ0v) is 11.7. The Labute approximate surface area is 106 Å². The van der Waals surface area contributed by atoms with Crippen molar-refractivity contribution < 1.29 is 33.5 Å². The van der Waals surface area contributed by atoms with Gasteiger partial charge >= 0.3 is 5.69 Å². The maximum absolute atomic E-state index is 10.9. The summed E-state index contributed by atoms with van der Waals surface area (Å²) in [6, 6.07) is 0. The summed E-state index contributed by atoms with van der Waals surface area (Å²) in [6.07, 6.45) is 0. The molecule has 0 aromatic carbocycles. The Balaban J connectivity index is 0.00000196. The van der Waals surface area contributed by atoms with Crippen molar-refractivity contribution in [1.82, 2.24) is 0 Å². The van der Waals surface area contributed by atoms with Crippen LogP contribution in [0.4, 0.5) is 5.69 Å². The fourth-order valence-electron chi connectivity index (χ4n) is 1.65. The third-order valence-corrected chi connectivity index (χ3v) is 2.99. The molecule has 0 aliphatic rings. The largest absolute Gasteiger partial charge is 1.00 e. The lowest BCUT2D eigenvalue weighted by Crippen LogP contribution is -3.00. The molecule has 0 unspecified atom stereocenters. The highest BCUT2D eigenvalue weighted by atomic mass is 127. The van der Waals surface area contributed by atoms with E-state index in [1.807, 2.05) is 25.5 Å². The molecular weight excluding hydrogens is 307 g/mol. The topological polar surface area (TPSA) is 47.0 Å². The zero-order chi connectivity index (χ0) is 11.0. The molecule has 15 heavy (non-hydrogen) atoms. The van der Waals surface area contributed by atoms with E-state index in [9.17, 15) is 10.1 Å². The van der Waals surface area contributed by atoms with Crippen LogP contribution in [-0.4, -0.2) is 4.92 Å². The van der Waals surface area contributed by atoms with Gasteiger partial charge in [-0.1, -0.05) is 0 Å². The average Bonchev–Trinajstić information content (AvgIpc) is 2.11. The predicted molar refractivity (Wildman–Crippen MR) is 53.2 cm³/mol. The van der Waals surface area contributed by atoms with Crippen LogP contribution >= 0.6 is 0 Å². The molecule has 1 rings (SSSR count). The molecule has 0 fully saturated rings. The highest BCUT2D eigenvalue weighted by molar-refractivity contribution is 5.45. The number of hydrogen-bond donors (Lipinski definition) is 0. The van der Waals surface area contributed by atoms with Crippen molar-refractivity contribution in [3.8, 4) is 0 Å². The Morgan fingerprint density at radius 1 is 1.07 bits per heavy atom. The van der Waals surface area contributed by atoms with Crippen molar-refractivity contribution in [3.63, 3.8) is 0 Å². The van der Waals surface area contributed by atoms with Crippen molar-refractivity contribution in [2.24, 2.45) is 7.05 Å². The third kappa shape index (κ3) is 2.27. The summed E-state index contributed by atoms with van der Waals surface area (Å²) in [6.45, 7) is 7.46. The molecule has 84 valence electrons. The average molecular weight is 322 g/mol. The number of aromatic nitrogens is 1. The van der Waals surface area contributed by atoms with E-state index in [4.69, 9.17) is 0 Å². The van der Waals surface area contributed by atoms with E-state index in [0.717, 1.165) is 16.8 Å². The van der Waals surface area contributed by atoms with Crippen LogP contribution in [0.3, 0.4) is 0 Å². The molecule has 0 atom stereocenters. The van der Waals surface area contributed by atoms with Crippen LogP contribution in [0, 0.1) is 37.8 Å². The van der Waals surface area contributed by atoms with Crippen LogP contribution in [0.25, 0.3) is 0 Å². The van der Waals surface area contributed by atoms with E-state index in [1.165, 1.54) is 0 Å². The Bertz CT molecular complexity index is 387. The van der Waals surface area contributed by atoms with Gasteiger partial charge in [0, 0.05) is 25.0 Å². The summed E-state index contributed by atoms with van der Waals surface area (Å²) in [4.78, 5) is 10.5. The number of nitrogens with zero attached hydrogens (tertiary/aromatic N) is 2. The van der Waals surface area contributed by atoms with Crippen LogP contribution in [0.5, 0.6) is 0 Å². The maximum Gasteiger partial charge on any atom is 0.338 e. The van der Waals surface area contributed by atoms with Gasteiger partial charge in [0.25, 0.3) is 5.69 Å². The highest BCUT2D eigenvalue weighted by Gasteiger charge is 2.26. The van der Waals surface area contributed by atoms with E-state index >= 15 is 0 Å². The van der Waals surface area contributed by atoms with Gasteiger partial charge in [0.15, 0.2) is 5.69 Å². The lowest BCUT2D eigenvalue weighted by atomic mass is 10.1.